The maximum atomic E-state index is 13.9. The molecule has 1 heterocycles. The van der Waals surface area contributed by atoms with Crippen LogP contribution in [0.15, 0.2) is 29.2 Å². The van der Waals surface area contributed by atoms with Gasteiger partial charge in [-0.3, -0.25) is 9.59 Å². The van der Waals surface area contributed by atoms with Crippen molar-refractivity contribution in [2.75, 3.05) is 19.7 Å². The molecule has 0 radical (unpaired) electrons. The van der Waals surface area contributed by atoms with E-state index >= 15 is 0 Å². The lowest BCUT2D eigenvalue weighted by atomic mass is 9.96. The number of piperidine rings is 1. The number of halogens is 1. The number of benzene rings is 1. The van der Waals surface area contributed by atoms with Gasteiger partial charge in [-0.1, -0.05) is 26.0 Å². The van der Waals surface area contributed by atoms with Crippen LogP contribution < -0.4 is 4.72 Å². The third kappa shape index (κ3) is 5.29. The molecule has 2 atom stereocenters. The molecule has 1 aromatic rings. The van der Waals surface area contributed by atoms with Crippen molar-refractivity contribution >= 4 is 21.9 Å². The highest BCUT2D eigenvalue weighted by Gasteiger charge is 2.36. The van der Waals surface area contributed by atoms with Crippen molar-refractivity contribution < 1.29 is 27.1 Å². The molecule has 0 aliphatic carbocycles. The normalized spacial score (nSPS) is 18.8. The summed E-state index contributed by atoms with van der Waals surface area (Å²) in [6.45, 7) is 6.01. The molecule has 0 bridgehead atoms. The van der Waals surface area contributed by atoms with Crippen LogP contribution in [0.25, 0.3) is 0 Å². The third-order valence-corrected chi connectivity index (χ3v) is 6.17. The minimum atomic E-state index is -4.22. The molecule has 1 amide bonds. The van der Waals surface area contributed by atoms with Crippen LogP contribution in [0.2, 0.25) is 0 Å². The Kier molecular flexibility index (Phi) is 7.54. The quantitative estimate of drug-likeness (QED) is 0.688. The summed E-state index contributed by atoms with van der Waals surface area (Å²) in [5.41, 5.74) is 0. The third-order valence-electron chi connectivity index (χ3n) is 4.69. The van der Waals surface area contributed by atoms with Crippen molar-refractivity contribution in [3.05, 3.63) is 30.1 Å². The standard InChI is InChI=1S/C19H27FN2O5S/c1-4-27-19(24)14-8-7-11-22(12-14)18(23)17(13(2)3)21-28(25,26)16-10-6-5-9-15(16)20/h5-6,9-10,13-14,17,21H,4,7-8,11-12H2,1-3H3. The Bertz CT molecular complexity index is 812. The topological polar surface area (TPSA) is 92.8 Å². The Morgan fingerprint density at radius 2 is 2.00 bits per heavy atom. The highest BCUT2D eigenvalue weighted by atomic mass is 32.2. The summed E-state index contributed by atoms with van der Waals surface area (Å²) in [4.78, 5) is 26.0. The van der Waals surface area contributed by atoms with Gasteiger partial charge in [-0.15, -0.1) is 0 Å². The second kappa shape index (κ2) is 9.47. The van der Waals surface area contributed by atoms with Crippen LogP contribution in [0.3, 0.4) is 0 Å². The first-order valence-corrected chi connectivity index (χ1v) is 10.9. The molecule has 1 saturated heterocycles. The van der Waals surface area contributed by atoms with Crippen LogP contribution in [-0.2, 0) is 24.3 Å². The molecule has 28 heavy (non-hydrogen) atoms. The van der Waals surface area contributed by atoms with E-state index in [1.54, 1.807) is 20.8 Å². The Morgan fingerprint density at radius 3 is 2.61 bits per heavy atom. The van der Waals surface area contributed by atoms with Crippen LogP contribution in [0.1, 0.15) is 33.6 Å². The zero-order valence-corrected chi connectivity index (χ0v) is 17.2. The lowest BCUT2D eigenvalue weighted by Crippen LogP contribution is -2.54. The zero-order valence-electron chi connectivity index (χ0n) is 16.4. The highest BCUT2D eigenvalue weighted by molar-refractivity contribution is 7.89. The van der Waals surface area contributed by atoms with E-state index in [4.69, 9.17) is 4.74 Å². The monoisotopic (exact) mass is 414 g/mol. The molecule has 1 aromatic carbocycles. The number of ether oxygens (including phenoxy) is 1. The summed E-state index contributed by atoms with van der Waals surface area (Å²) >= 11 is 0. The number of hydrogen-bond donors (Lipinski definition) is 1. The molecule has 2 rings (SSSR count). The second-order valence-corrected chi connectivity index (χ2v) is 8.83. The zero-order chi connectivity index (χ0) is 20.9. The molecule has 1 fully saturated rings. The fourth-order valence-corrected chi connectivity index (χ4v) is 4.61. The van der Waals surface area contributed by atoms with E-state index in [0.717, 1.165) is 12.1 Å². The number of likely N-dealkylation sites (tertiary alicyclic amines) is 1. The van der Waals surface area contributed by atoms with Gasteiger partial charge in [0.1, 0.15) is 16.8 Å². The summed E-state index contributed by atoms with van der Waals surface area (Å²) in [6, 6.07) is 3.94. The van der Waals surface area contributed by atoms with Gasteiger partial charge in [0, 0.05) is 13.1 Å². The number of carbonyl (C=O) groups excluding carboxylic acids is 2. The highest BCUT2D eigenvalue weighted by Crippen LogP contribution is 2.21. The molecular weight excluding hydrogens is 387 g/mol. The van der Waals surface area contributed by atoms with E-state index in [9.17, 15) is 22.4 Å². The number of rotatable bonds is 7. The molecule has 1 aliphatic heterocycles. The van der Waals surface area contributed by atoms with Gasteiger partial charge in [0.15, 0.2) is 0 Å². The average molecular weight is 414 g/mol. The number of nitrogens with zero attached hydrogens (tertiary/aromatic N) is 1. The second-order valence-electron chi connectivity index (χ2n) is 7.15. The largest absolute Gasteiger partial charge is 0.466 e. The van der Waals surface area contributed by atoms with Gasteiger partial charge in [0.2, 0.25) is 15.9 Å². The fourth-order valence-electron chi connectivity index (χ4n) is 3.19. The maximum absolute atomic E-state index is 13.9. The number of esters is 1. The Hall–Kier alpha value is -2.00. The van der Waals surface area contributed by atoms with Gasteiger partial charge in [0.25, 0.3) is 0 Å². The van der Waals surface area contributed by atoms with Crippen molar-refractivity contribution in [3.63, 3.8) is 0 Å². The summed E-state index contributed by atoms with van der Waals surface area (Å²) < 4.78 is 46.6. The maximum Gasteiger partial charge on any atom is 0.310 e. The summed E-state index contributed by atoms with van der Waals surface area (Å²) in [7, 11) is -4.22. The fraction of sp³-hybridized carbons (Fsp3) is 0.579. The summed E-state index contributed by atoms with van der Waals surface area (Å²) in [6.07, 6.45) is 1.25. The molecule has 7 nitrogen and oxygen atoms in total. The van der Waals surface area contributed by atoms with Gasteiger partial charge in [-0.2, -0.15) is 4.72 Å². The molecule has 0 aromatic heterocycles. The van der Waals surface area contributed by atoms with Crippen molar-refractivity contribution in [1.29, 1.82) is 0 Å². The van der Waals surface area contributed by atoms with E-state index in [-0.39, 0.29) is 25.0 Å². The summed E-state index contributed by atoms with van der Waals surface area (Å²) in [5, 5.41) is 0. The first-order chi connectivity index (χ1) is 13.2. The molecule has 1 N–H and O–H groups in total. The summed E-state index contributed by atoms with van der Waals surface area (Å²) in [5.74, 6) is -2.45. The van der Waals surface area contributed by atoms with Crippen molar-refractivity contribution in [2.45, 2.75) is 44.6 Å². The molecule has 2 unspecified atom stereocenters. The van der Waals surface area contributed by atoms with Gasteiger partial charge in [0.05, 0.1) is 12.5 Å². The number of hydrogen-bond acceptors (Lipinski definition) is 5. The van der Waals surface area contributed by atoms with Crippen LogP contribution >= 0.6 is 0 Å². The van der Waals surface area contributed by atoms with Crippen LogP contribution in [0, 0.1) is 17.7 Å². The van der Waals surface area contributed by atoms with Gasteiger partial charge >= 0.3 is 5.97 Å². The van der Waals surface area contributed by atoms with Gasteiger partial charge in [-0.25, -0.2) is 12.8 Å². The van der Waals surface area contributed by atoms with E-state index in [0.29, 0.717) is 19.4 Å². The lowest BCUT2D eigenvalue weighted by molar-refractivity contribution is -0.151. The lowest BCUT2D eigenvalue weighted by Gasteiger charge is -2.35. The number of nitrogens with one attached hydrogen (secondary N) is 1. The molecule has 156 valence electrons. The predicted octanol–water partition coefficient (Wildman–Crippen LogP) is 1.93. The Morgan fingerprint density at radius 1 is 1.32 bits per heavy atom. The van der Waals surface area contributed by atoms with Crippen molar-refractivity contribution in [1.82, 2.24) is 9.62 Å². The Labute approximate surface area is 165 Å². The molecule has 9 heteroatoms. The molecular formula is C19H27FN2O5S. The number of amides is 1. The van der Waals surface area contributed by atoms with E-state index in [1.807, 2.05) is 0 Å². The van der Waals surface area contributed by atoms with E-state index < -0.39 is 38.6 Å². The average Bonchev–Trinajstić information content (AvgIpc) is 2.66. The number of sulfonamides is 1. The first kappa shape index (κ1) is 22.3. The smallest absolute Gasteiger partial charge is 0.310 e. The SMILES string of the molecule is CCOC(=O)C1CCCN(C(=O)C(NS(=O)(=O)c2ccccc2F)C(C)C)C1. The molecule has 1 aliphatic rings. The minimum absolute atomic E-state index is 0.183. The minimum Gasteiger partial charge on any atom is -0.466 e. The van der Waals surface area contributed by atoms with Crippen molar-refractivity contribution in [3.8, 4) is 0 Å². The van der Waals surface area contributed by atoms with Gasteiger partial charge in [-0.05, 0) is 37.8 Å². The van der Waals surface area contributed by atoms with Crippen molar-refractivity contribution in [2.24, 2.45) is 11.8 Å². The van der Waals surface area contributed by atoms with Crippen LogP contribution in [-0.4, -0.2) is 50.9 Å². The van der Waals surface area contributed by atoms with E-state index in [2.05, 4.69) is 4.72 Å². The van der Waals surface area contributed by atoms with Crippen LogP contribution in [0.5, 0.6) is 0 Å². The number of carbonyl (C=O) groups is 2. The molecule has 0 spiro atoms. The van der Waals surface area contributed by atoms with Crippen LogP contribution in [0.4, 0.5) is 4.39 Å². The first-order valence-electron chi connectivity index (χ1n) is 9.39. The van der Waals surface area contributed by atoms with Gasteiger partial charge < -0.3 is 9.64 Å². The molecule has 0 saturated carbocycles. The van der Waals surface area contributed by atoms with E-state index in [1.165, 1.54) is 17.0 Å². The predicted molar refractivity (Wildman–Crippen MR) is 101 cm³/mol. The Balaban J connectivity index is 2.18.